The number of nitrogens with zero attached hydrogens (tertiary/aromatic N) is 1. The average molecular weight is 254 g/mol. The first kappa shape index (κ1) is 11.8. The Labute approximate surface area is 99.0 Å². The van der Waals surface area contributed by atoms with Gasteiger partial charge in [0.25, 0.3) is 5.69 Å². The van der Waals surface area contributed by atoms with Crippen molar-refractivity contribution in [2.45, 2.75) is 18.4 Å². The predicted molar refractivity (Wildman–Crippen MR) is 59.4 cm³/mol. The van der Waals surface area contributed by atoms with Crippen LogP contribution in [0.1, 0.15) is 12.5 Å². The van der Waals surface area contributed by atoms with Crippen LogP contribution in [0.25, 0.3) is 5.69 Å². The zero-order chi connectivity index (χ0) is 12.5. The highest BCUT2D eigenvalue weighted by Gasteiger charge is 2.30. The van der Waals surface area contributed by atoms with E-state index in [1.807, 2.05) is 19.1 Å². The van der Waals surface area contributed by atoms with E-state index in [0.717, 1.165) is 16.7 Å². The van der Waals surface area contributed by atoms with Crippen molar-refractivity contribution in [3.8, 4) is 5.69 Å². The summed E-state index contributed by atoms with van der Waals surface area (Å²) < 4.78 is 37.6. The maximum atomic E-state index is 11.2. The first-order valence-electron chi connectivity index (χ1n) is 5.10. The average Bonchev–Trinajstić information content (AvgIpc) is 2.77. The number of rotatable bonds is 3. The van der Waals surface area contributed by atoms with E-state index >= 15 is 0 Å². The molecule has 0 radical (unpaired) electrons. The Hall–Kier alpha value is -1.66. The molecule has 2 rings (SSSR count). The molecule has 0 bridgehead atoms. The third-order valence-corrected chi connectivity index (χ3v) is 3.26. The van der Waals surface area contributed by atoms with Crippen LogP contribution in [-0.2, 0) is 16.5 Å². The summed E-state index contributed by atoms with van der Waals surface area (Å²) in [5, 5.41) is -0.279. The molecule has 0 spiro atoms. The molecular formula is C11H12NO4S+. The molecule has 0 fully saturated rings. The Kier molecular flexibility index (Phi) is 2.99. The quantitative estimate of drug-likeness (QED) is 0.663. The van der Waals surface area contributed by atoms with Gasteiger partial charge in [-0.1, -0.05) is 25.1 Å². The summed E-state index contributed by atoms with van der Waals surface area (Å²) in [6.45, 7) is 1.95. The van der Waals surface area contributed by atoms with E-state index in [9.17, 15) is 8.42 Å². The highest BCUT2D eigenvalue weighted by atomic mass is 32.2. The molecule has 0 aliphatic rings. The van der Waals surface area contributed by atoms with Gasteiger partial charge in [0.2, 0.25) is 0 Å². The molecular weight excluding hydrogens is 242 g/mol. The zero-order valence-corrected chi connectivity index (χ0v) is 10.0. The third-order valence-electron chi connectivity index (χ3n) is 2.43. The van der Waals surface area contributed by atoms with Gasteiger partial charge in [0.05, 0.1) is 6.07 Å². The molecule has 6 heteroatoms. The van der Waals surface area contributed by atoms with Gasteiger partial charge >= 0.3 is 15.1 Å². The fourth-order valence-corrected chi connectivity index (χ4v) is 2.22. The van der Waals surface area contributed by atoms with E-state index in [-0.39, 0.29) is 5.03 Å². The highest BCUT2D eigenvalue weighted by Crippen LogP contribution is 2.12. The molecule has 1 aromatic carbocycles. The fourth-order valence-electron chi connectivity index (χ4n) is 1.64. The zero-order valence-electron chi connectivity index (χ0n) is 9.20. The molecule has 0 atom stereocenters. The molecule has 0 amide bonds. The second kappa shape index (κ2) is 4.31. The van der Waals surface area contributed by atoms with Gasteiger partial charge in [0, 0.05) is 16.4 Å². The number of hydrogen-bond acceptors (Lipinski definition) is 3. The Balaban J connectivity index is 2.66. The maximum Gasteiger partial charge on any atom is 0.378 e. The van der Waals surface area contributed by atoms with Crippen LogP contribution < -0.4 is 4.74 Å². The first-order valence-corrected chi connectivity index (χ1v) is 6.54. The maximum absolute atomic E-state index is 11.2. The topological polar surface area (TPSA) is 71.4 Å². The lowest BCUT2D eigenvalue weighted by atomic mass is 10.1. The Morgan fingerprint density at radius 2 is 2.00 bits per heavy atom. The van der Waals surface area contributed by atoms with Crippen molar-refractivity contribution in [1.82, 2.24) is 0 Å². The van der Waals surface area contributed by atoms with Crippen molar-refractivity contribution < 1.29 is 22.2 Å². The minimum absolute atomic E-state index is 0.279. The molecule has 2 aromatic rings. The van der Waals surface area contributed by atoms with Crippen molar-refractivity contribution in [2.75, 3.05) is 0 Å². The van der Waals surface area contributed by atoms with Crippen molar-refractivity contribution in [2.24, 2.45) is 0 Å². The molecule has 5 nitrogen and oxygen atoms in total. The summed E-state index contributed by atoms with van der Waals surface area (Å²) in [6, 6.07) is 8.45. The van der Waals surface area contributed by atoms with Crippen LogP contribution >= 0.6 is 0 Å². The number of para-hydroxylation sites is 1. The third kappa shape index (κ3) is 2.22. The van der Waals surface area contributed by atoms with E-state index in [4.69, 9.17) is 9.08 Å². The molecule has 0 unspecified atom stereocenters. The van der Waals surface area contributed by atoms with Crippen LogP contribution in [0.3, 0.4) is 0 Å². The van der Waals surface area contributed by atoms with Gasteiger partial charge in [-0.25, -0.2) is 4.52 Å². The molecule has 0 aliphatic heterocycles. The van der Waals surface area contributed by atoms with Crippen LogP contribution in [0.15, 0.2) is 46.1 Å². The smallest absolute Gasteiger partial charge is 0.277 e. The summed E-state index contributed by atoms with van der Waals surface area (Å²) in [7, 11) is -4.29. The second-order valence-corrected chi connectivity index (χ2v) is 4.87. The largest absolute Gasteiger partial charge is 0.378 e. The number of aryl methyl sites for hydroxylation is 1. The number of hydrogen-bond donors (Lipinski definition) is 1. The van der Waals surface area contributed by atoms with Gasteiger partial charge in [-0.3, -0.25) is 4.55 Å². The molecule has 1 heterocycles. The number of benzene rings is 1. The first-order chi connectivity index (χ1) is 8.04. The second-order valence-electron chi connectivity index (χ2n) is 3.50. The molecule has 17 heavy (non-hydrogen) atoms. The lowest BCUT2D eigenvalue weighted by Crippen LogP contribution is -2.35. The summed E-state index contributed by atoms with van der Waals surface area (Å²) in [6.07, 6.45) is 1.95. The predicted octanol–water partition coefficient (Wildman–Crippen LogP) is 1.37. The minimum Gasteiger partial charge on any atom is -0.277 e. The van der Waals surface area contributed by atoms with E-state index in [1.165, 1.54) is 12.3 Å². The van der Waals surface area contributed by atoms with E-state index in [1.54, 1.807) is 12.1 Å². The summed E-state index contributed by atoms with van der Waals surface area (Å²) in [5.74, 6) is 0. The van der Waals surface area contributed by atoms with Crippen molar-refractivity contribution in [3.05, 3.63) is 42.2 Å². The van der Waals surface area contributed by atoms with Crippen molar-refractivity contribution >= 4 is 10.1 Å². The molecule has 1 N–H and O–H groups in total. The molecule has 0 aliphatic carbocycles. The number of aromatic nitrogens is 1. The van der Waals surface area contributed by atoms with Gasteiger partial charge < -0.3 is 0 Å². The summed E-state index contributed by atoms with van der Waals surface area (Å²) in [5.41, 5.74) is 1.53. The van der Waals surface area contributed by atoms with Crippen molar-refractivity contribution in [3.63, 3.8) is 0 Å². The van der Waals surface area contributed by atoms with Gasteiger partial charge in [-0.2, -0.15) is 8.42 Å². The molecule has 0 saturated heterocycles. The lowest BCUT2D eigenvalue weighted by Gasteiger charge is -1.98. The summed E-state index contributed by atoms with van der Waals surface area (Å²) in [4.78, 5) is 0. The van der Waals surface area contributed by atoms with Crippen molar-refractivity contribution in [1.29, 1.82) is 0 Å². The van der Waals surface area contributed by atoms with Gasteiger partial charge in [-0.15, -0.1) is 0 Å². The normalized spacial score (nSPS) is 11.6. The SMILES string of the molecule is CCc1ccccc1-[n+]1occc1S(=O)(=O)O. The molecule has 1 aromatic heterocycles. The van der Waals surface area contributed by atoms with E-state index in [0.29, 0.717) is 5.69 Å². The molecule has 0 saturated carbocycles. The lowest BCUT2D eigenvalue weighted by molar-refractivity contribution is -0.815. The van der Waals surface area contributed by atoms with Crippen LogP contribution in [-0.4, -0.2) is 13.0 Å². The Morgan fingerprint density at radius 3 is 2.65 bits per heavy atom. The Morgan fingerprint density at radius 1 is 1.29 bits per heavy atom. The summed E-state index contributed by atoms with van der Waals surface area (Å²) >= 11 is 0. The van der Waals surface area contributed by atoms with Gasteiger partial charge in [0.1, 0.15) is 0 Å². The monoisotopic (exact) mass is 254 g/mol. The Bertz CT molecular complexity index is 630. The van der Waals surface area contributed by atoms with Crippen LogP contribution in [0.2, 0.25) is 0 Å². The van der Waals surface area contributed by atoms with Gasteiger partial charge in [0.15, 0.2) is 6.26 Å². The van der Waals surface area contributed by atoms with E-state index in [2.05, 4.69) is 0 Å². The van der Waals surface area contributed by atoms with Crippen LogP contribution in [0.5, 0.6) is 0 Å². The minimum atomic E-state index is -4.29. The van der Waals surface area contributed by atoms with Crippen LogP contribution in [0.4, 0.5) is 0 Å². The van der Waals surface area contributed by atoms with Gasteiger partial charge in [-0.05, 0) is 6.42 Å². The molecule has 90 valence electrons. The van der Waals surface area contributed by atoms with E-state index < -0.39 is 10.1 Å². The van der Waals surface area contributed by atoms with Crippen LogP contribution in [0, 0.1) is 0 Å². The standard InChI is InChI=1S/C11H11NO4S/c1-2-9-5-3-4-6-10(9)12-11(7-8-16-12)17(13,14)15/h3-8H,2H2,1H3/p+1. The fraction of sp³-hybridized carbons (Fsp3) is 0.182. The highest BCUT2D eigenvalue weighted by molar-refractivity contribution is 7.85.